The van der Waals surface area contributed by atoms with E-state index in [1.807, 2.05) is 44.2 Å². The number of rotatable bonds is 5. The lowest BCUT2D eigenvalue weighted by Gasteiger charge is -2.25. The number of hydrogen-bond acceptors (Lipinski definition) is 11. The number of thiazole rings is 1. The molecule has 4 heterocycles. The third-order valence-corrected chi connectivity index (χ3v) is 7.98. The van der Waals surface area contributed by atoms with E-state index < -0.39 is 35.7 Å². The molecule has 4 N–H and O–H groups in total. The molecule has 1 aromatic carbocycles. The summed E-state index contributed by atoms with van der Waals surface area (Å²) in [7, 11) is 1.66. The van der Waals surface area contributed by atoms with E-state index in [9.17, 15) is 19.2 Å². The maximum Gasteiger partial charge on any atom is 0.273 e. The highest BCUT2D eigenvalue weighted by Crippen LogP contribution is 2.26. The SMILES string of the molecule is CNc1ncc(C(=O)N2CCNC(=O)c3coc(n3)[C@H](Cc3ccccc3)NC(=O)c3csc(n3)[C@H](C(C)C)NC(=O)C2)cn1. The lowest BCUT2D eigenvalue weighted by Crippen LogP contribution is -2.45. The van der Waals surface area contributed by atoms with E-state index in [-0.39, 0.29) is 48.4 Å². The van der Waals surface area contributed by atoms with Crippen molar-refractivity contribution in [2.24, 2.45) is 5.92 Å². The topological polar surface area (TPSA) is 184 Å². The summed E-state index contributed by atoms with van der Waals surface area (Å²) < 4.78 is 5.68. The van der Waals surface area contributed by atoms with Gasteiger partial charge in [0.25, 0.3) is 17.7 Å². The minimum Gasteiger partial charge on any atom is -0.446 e. The van der Waals surface area contributed by atoms with Crippen molar-refractivity contribution in [1.29, 1.82) is 0 Å². The predicted molar refractivity (Wildman–Crippen MR) is 165 cm³/mol. The number of benzene rings is 1. The lowest BCUT2D eigenvalue weighted by molar-refractivity contribution is -0.122. The minimum absolute atomic E-state index is 0.000760. The predicted octanol–water partition coefficient (Wildman–Crippen LogP) is 2.38. The Morgan fingerprint density at radius 2 is 1.82 bits per heavy atom. The molecule has 2 atom stereocenters. The van der Waals surface area contributed by atoms with Gasteiger partial charge in [-0.3, -0.25) is 19.2 Å². The van der Waals surface area contributed by atoms with E-state index in [0.717, 1.165) is 5.56 Å². The first-order valence-electron chi connectivity index (χ1n) is 14.3. The van der Waals surface area contributed by atoms with Crippen LogP contribution >= 0.6 is 11.3 Å². The normalized spacial score (nSPS) is 18.0. The van der Waals surface area contributed by atoms with Crippen LogP contribution in [-0.4, -0.2) is 75.1 Å². The first-order valence-corrected chi connectivity index (χ1v) is 15.2. The van der Waals surface area contributed by atoms with Crippen LogP contribution in [-0.2, 0) is 11.2 Å². The number of nitrogens with one attached hydrogen (secondary N) is 4. The van der Waals surface area contributed by atoms with Gasteiger partial charge in [0.15, 0.2) is 5.69 Å². The van der Waals surface area contributed by atoms with E-state index in [4.69, 9.17) is 4.42 Å². The van der Waals surface area contributed by atoms with Crippen molar-refractivity contribution >= 4 is 40.9 Å². The van der Waals surface area contributed by atoms with Gasteiger partial charge < -0.3 is 30.6 Å². The van der Waals surface area contributed by atoms with Crippen LogP contribution in [0, 0.1) is 5.92 Å². The number of anilines is 1. The molecule has 0 radical (unpaired) electrons. The van der Waals surface area contributed by atoms with Crippen LogP contribution in [0.3, 0.4) is 0 Å². The Hall–Kier alpha value is -5.18. The largest absolute Gasteiger partial charge is 0.446 e. The molecule has 15 heteroatoms. The molecule has 4 amide bonds. The van der Waals surface area contributed by atoms with Crippen LogP contribution in [0.25, 0.3) is 0 Å². The molecule has 45 heavy (non-hydrogen) atoms. The molecule has 0 saturated heterocycles. The average Bonchev–Trinajstić information content (AvgIpc) is 3.74. The molecule has 3 aromatic heterocycles. The van der Waals surface area contributed by atoms with E-state index in [1.54, 1.807) is 12.4 Å². The fourth-order valence-electron chi connectivity index (χ4n) is 4.67. The number of amides is 4. The van der Waals surface area contributed by atoms with E-state index in [2.05, 4.69) is 41.2 Å². The zero-order valence-corrected chi connectivity index (χ0v) is 25.8. The maximum absolute atomic E-state index is 13.4. The van der Waals surface area contributed by atoms with Gasteiger partial charge >= 0.3 is 0 Å². The third kappa shape index (κ3) is 7.67. The van der Waals surface area contributed by atoms with Gasteiger partial charge in [-0.25, -0.2) is 19.9 Å². The molecule has 14 nitrogen and oxygen atoms in total. The Kier molecular flexibility index (Phi) is 9.77. The quantitative estimate of drug-likeness (QED) is 0.255. The van der Waals surface area contributed by atoms with Crippen molar-refractivity contribution in [3.05, 3.63) is 87.8 Å². The Morgan fingerprint density at radius 1 is 1.07 bits per heavy atom. The summed E-state index contributed by atoms with van der Waals surface area (Å²) in [5, 5.41) is 13.6. The highest BCUT2D eigenvalue weighted by Gasteiger charge is 2.28. The summed E-state index contributed by atoms with van der Waals surface area (Å²) >= 11 is 1.25. The molecule has 0 saturated carbocycles. The smallest absolute Gasteiger partial charge is 0.273 e. The van der Waals surface area contributed by atoms with Crippen LogP contribution in [0.1, 0.15) is 73.7 Å². The Balaban J connectivity index is 1.46. The maximum atomic E-state index is 13.4. The molecule has 5 rings (SSSR count). The molecule has 0 fully saturated rings. The number of nitrogens with zero attached hydrogens (tertiary/aromatic N) is 5. The Bertz CT molecular complexity index is 1660. The third-order valence-electron chi connectivity index (χ3n) is 7.06. The standard InChI is InChI=1S/C30H33N9O5S/c1-17(2)24-28-37-22(16-45-28)26(42)35-20(11-18-7-5-4-6-8-18)27-36-21(15-44-27)25(41)32-9-10-39(14-23(40)38-24)29(43)19-12-33-30(31-3)34-13-19/h4-8,12-13,15-17,20,24H,9-11,14H2,1-3H3,(H,32,41)(H,35,42)(H,38,40)(H,31,33,34)/t20-,24-/m0/s1. The molecule has 1 aliphatic heterocycles. The molecular formula is C30H33N9O5S. The van der Waals surface area contributed by atoms with E-state index in [0.29, 0.717) is 17.4 Å². The summed E-state index contributed by atoms with van der Waals surface area (Å²) in [5.41, 5.74) is 1.27. The minimum atomic E-state index is -0.698. The second kappa shape index (κ2) is 14.1. The summed E-state index contributed by atoms with van der Waals surface area (Å²) in [4.78, 5) is 71.6. The zero-order valence-electron chi connectivity index (χ0n) is 24.9. The van der Waals surface area contributed by atoms with Crippen LogP contribution in [0.5, 0.6) is 0 Å². The van der Waals surface area contributed by atoms with Crippen molar-refractivity contribution < 1.29 is 23.6 Å². The molecule has 234 valence electrons. The van der Waals surface area contributed by atoms with Crippen molar-refractivity contribution in [3.8, 4) is 0 Å². The fraction of sp³-hybridized carbons (Fsp3) is 0.333. The van der Waals surface area contributed by atoms with E-state index >= 15 is 0 Å². The van der Waals surface area contributed by atoms with Gasteiger partial charge in [0, 0.05) is 44.3 Å². The number of carbonyl (C=O) groups excluding carboxylic acids is 4. The van der Waals surface area contributed by atoms with E-state index in [1.165, 1.54) is 34.9 Å². The monoisotopic (exact) mass is 631 g/mol. The zero-order chi connectivity index (χ0) is 31.9. The highest BCUT2D eigenvalue weighted by molar-refractivity contribution is 7.09. The summed E-state index contributed by atoms with van der Waals surface area (Å²) in [6.07, 6.45) is 4.30. The van der Waals surface area contributed by atoms with Crippen molar-refractivity contribution in [3.63, 3.8) is 0 Å². The number of aromatic nitrogens is 4. The first kappa shape index (κ1) is 31.3. The Labute approximate surface area is 263 Å². The number of fused-ring (bicyclic) bond motifs is 4. The fourth-order valence-corrected chi connectivity index (χ4v) is 5.69. The Morgan fingerprint density at radius 3 is 2.53 bits per heavy atom. The number of hydrogen-bond donors (Lipinski definition) is 4. The summed E-state index contributed by atoms with van der Waals surface area (Å²) in [6, 6.07) is 8.28. The molecule has 0 aliphatic carbocycles. The molecule has 0 unspecified atom stereocenters. The van der Waals surface area contributed by atoms with Crippen molar-refractivity contribution in [1.82, 2.24) is 40.8 Å². The summed E-state index contributed by atoms with van der Waals surface area (Å²) in [5.74, 6) is -1.51. The van der Waals surface area contributed by atoms with Gasteiger partial charge in [0.2, 0.25) is 17.7 Å². The highest BCUT2D eigenvalue weighted by atomic mass is 32.1. The molecule has 0 spiro atoms. The number of carbonyl (C=O) groups is 4. The van der Waals surface area contributed by atoms with Gasteiger partial charge in [-0.1, -0.05) is 44.2 Å². The van der Waals surface area contributed by atoms with Gasteiger partial charge in [-0.15, -0.1) is 11.3 Å². The van der Waals surface area contributed by atoms with Gasteiger partial charge in [0.1, 0.15) is 23.0 Å². The van der Waals surface area contributed by atoms with Crippen molar-refractivity contribution in [2.75, 3.05) is 32.0 Å². The van der Waals surface area contributed by atoms with Gasteiger partial charge in [-0.2, -0.15) is 0 Å². The van der Waals surface area contributed by atoms with Crippen LogP contribution in [0.4, 0.5) is 5.95 Å². The molecule has 4 aromatic rings. The lowest BCUT2D eigenvalue weighted by atomic mass is 10.0. The van der Waals surface area contributed by atoms with Crippen molar-refractivity contribution in [2.45, 2.75) is 32.4 Å². The van der Waals surface area contributed by atoms with Crippen LogP contribution in [0.15, 0.2) is 58.8 Å². The second-order valence-corrected chi connectivity index (χ2v) is 11.6. The van der Waals surface area contributed by atoms with Gasteiger partial charge in [0.05, 0.1) is 18.2 Å². The molecular weight excluding hydrogens is 598 g/mol. The summed E-state index contributed by atoms with van der Waals surface area (Å²) in [6.45, 7) is 3.57. The first-order chi connectivity index (χ1) is 21.7. The molecule has 1 aliphatic rings. The number of oxazole rings is 1. The average molecular weight is 632 g/mol. The molecule has 4 bridgehead atoms. The second-order valence-electron chi connectivity index (χ2n) is 10.7. The van der Waals surface area contributed by atoms with Crippen LogP contribution < -0.4 is 21.3 Å². The van der Waals surface area contributed by atoms with Crippen LogP contribution in [0.2, 0.25) is 0 Å². The van der Waals surface area contributed by atoms with Gasteiger partial charge in [-0.05, 0) is 11.5 Å².